The van der Waals surface area contributed by atoms with Gasteiger partial charge in [-0.05, 0) is 63.4 Å². The van der Waals surface area contributed by atoms with E-state index in [2.05, 4.69) is 39.4 Å². The van der Waals surface area contributed by atoms with E-state index in [1.165, 1.54) is 6.07 Å². The average molecular weight is 425 g/mol. The molecule has 2 N–H and O–H groups in total. The van der Waals surface area contributed by atoms with Crippen molar-refractivity contribution in [2.24, 2.45) is 0 Å². The highest BCUT2D eigenvalue weighted by Crippen LogP contribution is 2.24. The van der Waals surface area contributed by atoms with Gasteiger partial charge in [0.15, 0.2) is 0 Å². The summed E-state index contributed by atoms with van der Waals surface area (Å²) < 4.78 is 15.4. The van der Waals surface area contributed by atoms with Gasteiger partial charge in [0.1, 0.15) is 11.5 Å². The van der Waals surface area contributed by atoms with E-state index < -0.39 is 6.10 Å². The largest absolute Gasteiger partial charge is 0.390 e. The second-order valence-corrected chi connectivity index (χ2v) is 8.59. The zero-order valence-corrected chi connectivity index (χ0v) is 18.4. The van der Waals surface area contributed by atoms with Crippen molar-refractivity contribution in [3.8, 4) is 16.9 Å². The Hall–Kier alpha value is -2.84. The number of hydrogen-bond acceptors (Lipinski definition) is 6. The Morgan fingerprint density at radius 1 is 1.16 bits per heavy atom. The van der Waals surface area contributed by atoms with Crippen LogP contribution in [0.3, 0.4) is 0 Å². The van der Waals surface area contributed by atoms with Crippen LogP contribution in [0.4, 0.5) is 10.1 Å². The SMILES string of the molecule is Cc1cc(-n2cc(-c3cncc(NC4CCN(C(C)C)CC4O)c3)nn2)c(C)cc1F. The third-order valence-electron chi connectivity index (χ3n) is 5.95. The number of piperidine rings is 1. The van der Waals surface area contributed by atoms with Crippen molar-refractivity contribution in [1.82, 2.24) is 24.9 Å². The van der Waals surface area contributed by atoms with E-state index in [9.17, 15) is 9.50 Å². The van der Waals surface area contributed by atoms with Crippen LogP contribution in [-0.4, -0.2) is 61.3 Å². The number of aromatic nitrogens is 4. The van der Waals surface area contributed by atoms with Gasteiger partial charge in [-0.25, -0.2) is 9.07 Å². The number of nitrogens with zero attached hydrogens (tertiary/aromatic N) is 5. The van der Waals surface area contributed by atoms with Gasteiger partial charge >= 0.3 is 0 Å². The summed E-state index contributed by atoms with van der Waals surface area (Å²) in [6.07, 6.45) is 5.73. The number of β-amino-alcohol motifs (C(OH)–C–C–N with tert-alkyl or cyclic N) is 1. The molecule has 0 aliphatic carbocycles. The lowest BCUT2D eigenvalue weighted by Crippen LogP contribution is -2.51. The number of aliphatic hydroxyl groups excluding tert-OH is 1. The molecule has 31 heavy (non-hydrogen) atoms. The van der Waals surface area contributed by atoms with Gasteiger partial charge in [-0.1, -0.05) is 5.21 Å². The smallest absolute Gasteiger partial charge is 0.126 e. The molecule has 0 radical (unpaired) electrons. The molecule has 2 aromatic heterocycles. The van der Waals surface area contributed by atoms with Gasteiger partial charge in [-0.3, -0.25) is 9.88 Å². The third kappa shape index (κ3) is 4.60. The van der Waals surface area contributed by atoms with Gasteiger partial charge in [0.2, 0.25) is 0 Å². The standard InChI is InChI=1S/C23H29FN6O/c1-14(2)29-6-5-20(23(31)13-29)26-18-9-17(10-25-11-18)21-12-30(28-27-21)22-8-15(3)19(24)7-16(22)4/h7-12,14,20,23,26,31H,5-6,13H2,1-4H3. The van der Waals surface area contributed by atoms with E-state index in [-0.39, 0.29) is 11.9 Å². The van der Waals surface area contributed by atoms with Gasteiger partial charge < -0.3 is 10.4 Å². The molecule has 1 fully saturated rings. The highest BCUT2D eigenvalue weighted by atomic mass is 19.1. The highest BCUT2D eigenvalue weighted by Gasteiger charge is 2.28. The maximum atomic E-state index is 13.8. The molecule has 2 unspecified atom stereocenters. The Kier molecular flexibility index (Phi) is 6.02. The molecular formula is C23H29FN6O. The van der Waals surface area contributed by atoms with E-state index in [1.807, 2.05) is 19.2 Å². The number of nitrogens with one attached hydrogen (secondary N) is 1. The first-order valence-corrected chi connectivity index (χ1v) is 10.7. The Labute approximate surface area is 181 Å². The minimum Gasteiger partial charge on any atom is -0.390 e. The van der Waals surface area contributed by atoms with Crippen molar-refractivity contribution < 1.29 is 9.50 Å². The summed E-state index contributed by atoms with van der Waals surface area (Å²) in [6.45, 7) is 9.49. The Balaban J connectivity index is 1.51. The Morgan fingerprint density at radius 3 is 2.71 bits per heavy atom. The van der Waals surface area contributed by atoms with Crippen LogP contribution >= 0.6 is 0 Å². The van der Waals surface area contributed by atoms with Crippen LogP contribution in [0.5, 0.6) is 0 Å². The summed E-state index contributed by atoms with van der Waals surface area (Å²) in [7, 11) is 0. The molecule has 1 aliphatic rings. The van der Waals surface area contributed by atoms with Gasteiger partial charge in [0.25, 0.3) is 0 Å². The maximum absolute atomic E-state index is 13.8. The first-order chi connectivity index (χ1) is 14.8. The van der Waals surface area contributed by atoms with Crippen LogP contribution < -0.4 is 5.32 Å². The molecule has 3 aromatic rings. The van der Waals surface area contributed by atoms with Crippen molar-refractivity contribution in [3.05, 3.63) is 53.7 Å². The number of pyridine rings is 1. The van der Waals surface area contributed by atoms with Crippen LogP contribution in [-0.2, 0) is 0 Å². The lowest BCUT2D eigenvalue weighted by atomic mass is 10.0. The number of hydrogen-bond donors (Lipinski definition) is 2. The second kappa shape index (κ2) is 8.72. The number of rotatable bonds is 5. The summed E-state index contributed by atoms with van der Waals surface area (Å²) >= 11 is 0. The van der Waals surface area contributed by atoms with Crippen LogP contribution in [0.15, 0.2) is 36.8 Å². The number of likely N-dealkylation sites (tertiary alicyclic amines) is 1. The molecule has 1 aromatic carbocycles. The van der Waals surface area contributed by atoms with E-state index in [1.54, 1.807) is 30.1 Å². The van der Waals surface area contributed by atoms with E-state index in [4.69, 9.17) is 0 Å². The molecule has 0 saturated carbocycles. The lowest BCUT2D eigenvalue weighted by Gasteiger charge is -2.38. The molecule has 0 amide bonds. The molecule has 164 valence electrons. The van der Waals surface area contributed by atoms with Gasteiger partial charge in [0, 0.05) is 37.1 Å². The third-order valence-corrected chi connectivity index (χ3v) is 5.95. The van der Waals surface area contributed by atoms with Crippen molar-refractivity contribution in [2.75, 3.05) is 18.4 Å². The zero-order valence-electron chi connectivity index (χ0n) is 18.4. The second-order valence-electron chi connectivity index (χ2n) is 8.59. The summed E-state index contributed by atoms with van der Waals surface area (Å²) in [5.41, 5.74) is 4.47. The maximum Gasteiger partial charge on any atom is 0.126 e. The fraction of sp³-hybridized carbons (Fsp3) is 0.435. The normalized spacial score (nSPS) is 19.7. The highest BCUT2D eigenvalue weighted by molar-refractivity contribution is 5.63. The molecule has 1 saturated heterocycles. The number of benzene rings is 1. The van der Waals surface area contributed by atoms with Crippen molar-refractivity contribution in [1.29, 1.82) is 0 Å². The van der Waals surface area contributed by atoms with Crippen LogP contribution in [0.25, 0.3) is 16.9 Å². The van der Waals surface area contributed by atoms with Crippen LogP contribution in [0, 0.1) is 19.7 Å². The number of anilines is 1. The summed E-state index contributed by atoms with van der Waals surface area (Å²) in [5.74, 6) is -0.231. The van der Waals surface area contributed by atoms with Gasteiger partial charge in [-0.15, -0.1) is 5.10 Å². The number of aliphatic hydroxyl groups is 1. The number of aryl methyl sites for hydroxylation is 2. The fourth-order valence-corrected chi connectivity index (χ4v) is 3.99. The van der Waals surface area contributed by atoms with E-state index in [0.29, 0.717) is 23.8 Å². The molecule has 4 rings (SSSR count). The van der Waals surface area contributed by atoms with Gasteiger partial charge in [0.05, 0.1) is 29.7 Å². The summed E-state index contributed by atoms with van der Waals surface area (Å²) in [5, 5.41) is 22.5. The minimum absolute atomic E-state index is 0.0208. The van der Waals surface area contributed by atoms with Gasteiger partial charge in [-0.2, -0.15) is 0 Å². The molecule has 0 spiro atoms. The lowest BCUT2D eigenvalue weighted by molar-refractivity contribution is 0.0449. The molecule has 7 nitrogen and oxygen atoms in total. The predicted octanol–water partition coefficient (Wildman–Crippen LogP) is 3.34. The van der Waals surface area contributed by atoms with E-state index in [0.717, 1.165) is 35.5 Å². The quantitative estimate of drug-likeness (QED) is 0.654. The summed E-state index contributed by atoms with van der Waals surface area (Å²) in [4.78, 5) is 6.63. The fourth-order valence-electron chi connectivity index (χ4n) is 3.99. The topological polar surface area (TPSA) is 79.1 Å². The molecule has 3 heterocycles. The monoisotopic (exact) mass is 424 g/mol. The predicted molar refractivity (Wildman–Crippen MR) is 119 cm³/mol. The van der Waals surface area contributed by atoms with E-state index >= 15 is 0 Å². The van der Waals surface area contributed by atoms with Crippen LogP contribution in [0.1, 0.15) is 31.4 Å². The van der Waals surface area contributed by atoms with Crippen LogP contribution in [0.2, 0.25) is 0 Å². The minimum atomic E-state index is -0.439. The Bertz CT molecular complexity index is 1070. The molecular weight excluding hydrogens is 395 g/mol. The zero-order chi connectivity index (χ0) is 22.1. The van der Waals surface area contributed by atoms with Crippen molar-refractivity contribution in [2.45, 2.75) is 52.3 Å². The first kappa shape index (κ1) is 21.4. The van der Waals surface area contributed by atoms with Crippen molar-refractivity contribution in [3.63, 3.8) is 0 Å². The average Bonchev–Trinajstić information content (AvgIpc) is 3.22. The molecule has 8 heteroatoms. The molecule has 2 atom stereocenters. The number of halogens is 1. The Morgan fingerprint density at radius 2 is 1.97 bits per heavy atom. The van der Waals surface area contributed by atoms with Crippen molar-refractivity contribution >= 4 is 5.69 Å². The molecule has 1 aliphatic heterocycles. The molecule has 0 bridgehead atoms. The summed E-state index contributed by atoms with van der Waals surface area (Å²) in [6, 6.07) is 5.65. The first-order valence-electron chi connectivity index (χ1n) is 10.7.